The standard InChI is InChI=1S/C22H23O4S/c23-14-16-25-18-6-10-21(11-7-18)27(20-4-2-1-3-5-20)22-12-8-19(9-13-22)26-17-15-24/h1-13,23-24H,14-17H2/q+1. The van der Waals surface area contributed by atoms with Crippen molar-refractivity contribution in [1.82, 2.24) is 0 Å². The van der Waals surface area contributed by atoms with E-state index in [9.17, 15) is 0 Å². The molecule has 0 fully saturated rings. The van der Waals surface area contributed by atoms with Crippen molar-refractivity contribution in [2.75, 3.05) is 26.4 Å². The van der Waals surface area contributed by atoms with E-state index in [-0.39, 0.29) is 24.1 Å². The maximum Gasteiger partial charge on any atom is 0.166 e. The largest absolute Gasteiger partial charge is 0.491 e. The Morgan fingerprint density at radius 3 is 1.37 bits per heavy atom. The predicted molar refractivity (Wildman–Crippen MR) is 107 cm³/mol. The summed E-state index contributed by atoms with van der Waals surface area (Å²) in [6.45, 7) is 0.583. The van der Waals surface area contributed by atoms with Crippen LogP contribution in [0.5, 0.6) is 11.5 Å². The van der Waals surface area contributed by atoms with Crippen molar-refractivity contribution in [3.63, 3.8) is 0 Å². The Bertz CT molecular complexity index is 752. The average molecular weight is 383 g/mol. The van der Waals surface area contributed by atoms with Crippen LogP contribution in [-0.2, 0) is 10.9 Å². The zero-order chi connectivity index (χ0) is 18.9. The minimum Gasteiger partial charge on any atom is -0.491 e. The first-order chi connectivity index (χ1) is 13.3. The van der Waals surface area contributed by atoms with Gasteiger partial charge in [0.1, 0.15) is 24.7 Å². The Labute approximate surface area is 162 Å². The second-order valence-corrected chi connectivity index (χ2v) is 7.73. The summed E-state index contributed by atoms with van der Waals surface area (Å²) < 4.78 is 10.9. The van der Waals surface area contributed by atoms with Crippen LogP contribution in [0, 0.1) is 0 Å². The topological polar surface area (TPSA) is 58.9 Å². The lowest BCUT2D eigenvalue weighted by Crippen LogP contribution is -2.06. The van der Waals surface area contributed by atoms with Gasteiger partial charge in [0, 0.05) is 0 Å². The smallest absolute Gasteiger partial charge is 0.166 e. The van der Waals surface area contributed by atoms with Crippen LogP contribution in [-0.4, -0.2) is 36.6 Å². The average Bonchev–Trinajstić information content (AvgIpc) is 2.73. The highest BCUT2D eigenvalue weighted by molar-refractivity contribution is 7.97. The Kier molecular flexibility index (Phi) is 7.16. The highest BCUT2D eigenvalue weighted by Gasteiger charge is 2.28. The molecule has 0 bridgehead atoms. The molecule has 0 saturated heterocycles. The molecule has 0 aliphatic rings. The van der Waals surface area contributed by atoms with Crippen LogP contribution >= 0.6 is 0 Å². The molecule has 0 radical (unpaired) electrons. The second-order valence-electron chi connectivity index (χ2n) is 5.71. The summed E-state index contributed by atoms with van der Waals surface area (Å²) in [5, 5.41) is 17.8. The van der Waals surface area contributed by atoms with E-state index in [0.29, 0.717) is 13.2 Å². The maximum absolute atomic E-state index is 8.90. The molecule has 3 rings (SSSR count). The minimum absolute atomic E-state index is 0.000836. The van der Waals surface area contributed by atoms with E-state index in [2.05, 4.69) is 36.4 Å². The molecule has 2 N–H and O–H groups in total. The highest BCUT2D eigenvalue weighted by atomic mass is 32.2. The van der Waals surface area contributed by atoms with E-state index in [1.54, 1.807) is 0 Å². The molecule has 0 saturated carbocycles. The van der Waals surface area contributed by atoms with Crippen LogP contribution in [0.2, 0.25) is 0 Å². The number of hydrogen-bond donors (Lipinski definition) is 2. The molecular weight excluding hydrogens is 360 g/mol. The van der Waals surface area contributed by atoms with Crippen molar-refractivity contribution in [3.05, 3.63) is 78.9 Å². The molecule has 5 heteroatoms. The van der Waals surface area contributed by atoms with Crippen molar-refractivity contribution in [1.29, 1.82) is 0 Å². The van der Waals surface area contributed by atoms with Gasteiger partial charge in [0.05, 0.1) is 24.1 Å². The summed E-state index contributed by atoms with van der Waals surface area (Å²) >= 11 is 0. The fraction of sp³-hybridized carbons (Fsp3) is 0.182. The van der Waals surface area contributed by atoms with Crippen LogP contribution in [0.1, 0.15) is 0 Å². The molecule has 0 aliphatic heterocycles. The van der Waals surface area contributed by atoms with Gasteiger partial charge in [0.15, 0.2) is 14.7 Å². The third-order valence-corrected chi connectivity index (χ3v) is 6.05. The fourth-order valence-corrected chi connectivity index (χ4v) is 4.70. The van der Waals surface area contributed by atoms with Gasteiger partial charge >= 0.3 is 0 Å². The van der Waals surface area contributed by atoms with Crippen molar-refractivity contribution in [3.8, 4) is 11.5 Å². The molecule has 0 unspecified atom stereocenters. The molecule has 3 aromatic carbocycles. The SMILES string of the molecule is OCCOc1ccc([S+](c2ccccc2)c2ccc(OCCO)cc2)cc1. The van der Waals surface area contributed by atoms with Gasteiger partial charge < -0.3 is 19.7 Å². The zero-order valence-electron chi connectivity index (χ0n) is 15.0. The summed E-state index contributed by atoms with van der Waals surface area (Å²) in [7, 11) is -0.252. The lowest BCUT2D eigenvalue weighted by atomic mass is 10.3. The first-order valence-corrected chi connectivity index (χ1v) is 10.0. The van der Waals surface area contributed by atoms with Crippen LogP contribution in [0.3, 0.4) is 0 Å². The normalized spacial score (nSPS) is 10.8. The molecule has 0 atom stereocenters. The lowest BCUT2D eigenvalue weighted by molar-refractivity contribution is 0.201. The van der Waals surface area contributed by atoms with Crippen molar-refractivity contribution in [2.24, 2.45) is 0 Å². The highest BCUT2D eigenvalue weighted by Crippen LogP contribution is 2.32. The van der Waals surface area contributed by atoms with Gasteiger partial charge in [0.2, 0.25) is 0 Å². The quantitative estimate of drug-likeness (QED) is 0.555. The number of benzene rings is 3. The first-order valence-electron chi connectivity index (χ1n) is 8.78. The predicted octanol–water partition coefficient (Wildman–Crippen LogP) is 3.52. The summed E-state index contributed by atoms with van der Waals surface area (Å²) in [6.07, 6.45) is 0. The van der Waals surface area contributed by atoms with Gasteiger partial charge in [-0.15, -0.1) is 0 Å². The maximum atomic E-state index is 8.90. The van der Waals surface area contributed by atoms with Gasteiger partial charge in [-0.05, 0) is 60.7 Å². The number of rotatable bonds is 9. The summed E-state index contributed by atoms with van der Waals surface area (Å²) in [5.41, 5.74) is 0. The Morgan fingerprint density at radius 1 is 0.556 bits per heavy atom. The Morgan fingerprint density at radius 2 is 0.963 bits per heavy atom. The van der Waals surface area contributed by atoms with Crippen molar-refractivity contribution in [2.45, 2.75) is 14.7 Å². The molecule has 0 aliphatic carbocycles. The zero-order valence-corrected chi connectivity index (χ0v) is 15.8. The molecule has 0 spiro atoms. The molecule has 3 aromatic rings. The van der Waals surface area contributed by atoms with Crippen LogP contribution < -0.4 is 9.47 Å². The summed E-state index contributed by atoms with van der Waals surface area (Å²) in [4.78, 5) is 3.59. The number of aliphatic hydroxyl groups is 2. The monoisotopic (exact) mass is 383 g/mol. The number of ether oxygens (including phenoxy) is 2. The Hall–Kier alpha value is -2.47. The molecule has 27 heavy (non-hydrogen) atoms. The van der Waals surface area contributed by atoms with Gasteiger partial charge in [-0.2, -0.15) is 0 Å². The van der Waals surface area contributed by atoms with Crippen LogP contribution in [0.15, 0.2) is 93.5 Å². The third-order valence-electron chi connectivity index (χ3n) is 3.82. The number of aliphatic hydroxyl groups excluding tert-OH is 2. The second kappa shape index (κ2) is 10.0. The van der Waals surface area contributed by atoms with Crippen LogP contribution in [0.25, 0.3) is 0 Å². The van der Waals surface area contributed by atoms with Crippen molar-refractivity contribution < 1.29 is 19.7 Å². The minimum atomic E-state index is -0.252. The summed E-state index contributed by atoms with van der Waals surface area (Å²) in [5.74, 6) is 1.49. The molecule has 0 amide bonds. The first kappa shape index (κ1) is 19.3. The van der Waals surface area contributed by atoms with Gasteiger partial charge in [-0.25, -0.2) is 0 Å². The lowest BCUT2D eigenvalue weighted by Gasteiger charge is -2.10. The van der Waals surface area contributed by atoms with Gasteiger partial charge in [0.25, 0.3) is 0 Å². The number of hydrogen-bond acceptors (Lipinski definition) is 4. The fourth-order valence-electron chi connectivity index (χ4n) is 2.64. The van der Waals surface area contributed by atoms with Crippen molar-refractivity contribution >= 4 is 10.9 Å². The van der Waals surface area contributed by atoms with E-state index >= 15 is 0 Å². The van der Waals surface area contributed by atoms with E-state index < -0.39 is 0 Å². The molecule has 0 heterocycles. The van der Waals surface area contributed by atoms with Gasteiger partial charge in [-0.1, -0.05) is 18.2 Å². The van der Waals surface area contributed by atoms with E-state index in [1.807, 2.05) is 42.5 Å². The molecule has 0 aromatic heterocycles. The third kappa shape index (κ3) is 5.26. The molecule has 140 valence electrons. The Balaban J connectivity index is 1.90. The summed E-state index contributed by atoms with van der Waals surface area (Å²) in [6, 6.07) is 26.4. The van der Waals surface area contributed by atoms with E-state index in [0.717, 1.165) is 11.5 Å². The molecular formula is C22H23O4S+. The van der Waals surface area contributed by atoms with Gasteiger partial charge in [-0.3, -0.25) is 0 Å². The molecule has 4 nitrogen and oxygen atoms in total. The van der Waals surface area contributed by atoms with E-state index in [1.165, 1.54) is 14.7 Å². The van der Waals surface area contributed by atoms with E-state index in [4.69, 9.17) is 19.7 Å². The van der Waals surface area contributed by atoms with Crippen LogP contribution in [0.4, 0.5) is 0 Å².